The minimum absolute atomic E-state index is 0.170. The van der Waals surface area contributed by atoms with E-state index in [1.165, 1.54) is 12.1 Å². The fourth-order valence-electron chi connectivity index (χ4n) is 2.83. The number of aromatic nitrogens is 2. The fourth-order valence-corrected chi connectivity index (χ4v) is 3.10. The van der Waals surface area contributed by atoms with Crippen molar-refractivity contribution in [1.29, 1.82) is 0 Å². The van der Waals surface area contributed by atoms with Crippen molar-refractivity contribution >= 4 is 21.8 Å². The zero-order valence-electron chi connectivity index (χ0n) is 13.8. The molecule has 26 heavy (non-hydrogen) atoms. The molecule has 2 unspecified atom stereocenters. The molecule has 0 spiro atoms. The van der Waals surface area contributed by atoms with E-state index in [9.17, 15) is 9.18 Å². The second kappa shape index (κ2) is 6.66. The van der Waals surface area contributed by atoms with Crippen molar-refractivity contribution in [2.75, 3.05) is 0 Å². The molecule has 1 saturated heterocycles. The van der Waals surface area contributed by atoms with Gasteiger partial charge in [-0.1, -0.05) is 15.9 Å². The van der Waals surface area contributed by atoms with Crippen molar-refractivity contribution in [3.05, 3.63) is 70.6 Å². The van der Waals surface area contributed by atoms with Crippen LogP contribution in [0, 0.1) is 5.82 Å². The van der Waals surface area contributed by atoms with Crippen LogP contribution in [-0.2, 0) is 9.53 Å². The summed E-state index contributed by atoms with van der Waals surface area (Å²) >= 11 is 3.42. The Morgan fingerprint density at radius 1 is 1.15 bits per heavy atom. The van der Waals surface area contributed by atoms with Gasteiger partial charge in [0, 0.05) is 21.8 Å². The van der Waals surface area contributed by atoms with Crippen LogP contribution in [0.1, 0.15) is 18.7 Å². The number of carbonyl (C=O) groups excluding carboxylic acids is 1. The number of nitrogens with zero attached hydrogens (tertiary/aromatic N) is 2. The van der Waals surface area contributed by atoms with Crippen molar-refractivity contribution in [1.82, 2.24) is 15.1 Å². The highest BCUT2D eigenvalue weighted by Crippen LogP contribution is 2.32. The summed E-state index contributed by atoms with van der Waals surface area (Å²) in [7, 11) is 0. The summed E-state index contributed by atoms with van der Waals surface area (Å²) in [5.41, 5.74) is 2.96. The second-order valence-electron chi connectivity index (χ2n) is 6.03. The van der Waals surface area contributed by atoms with Crippen molar-refractivity contribution in [2.24, 2.45) is 0 Å². The molecule has 1 aromatic heterocycles. The lowest BCUT2D eigenvalue weighted by Crippen LogP contribution is -2.22. The van der Waals surface area contributed by atoms with Crippen molar-refractivity contribution in [3.63, 3.8) is 0 Å². The maximum Gasteiger partial charge on any atom is 0.251 e. The van der Waals surface area contributed by atoms with Crippen molar-refractivity contribution in [2.45, 2.75) is 19.3 Å². The van der Waals surface area contributed by atoms with E-state index in [1.807, 2.05) is 30.5 Å². The summed E-state index contributed by atoms with van der Waals surface area (Å²) < 4.78 is 21.7. The summed E-state index contributed by atoms with van der Waals surface area (Å²) in [5.74, 6) is -0.488. The zero-order valence-corrected chi connectivity index (χ0v) is 15.4. The Bertz CT molecular complexity index is 954. The predicted molar refractivity (Wildman–Crippen MR) is 98.1 cm³/mol. The maximum atomic E-state index is 13.3. The van der Waals surface area contributed by atoms with E-state index in [0.717, 1.165) is 21.3 Å². The van der Waals surface area contributed by atoms with Crippen LogP contribution in [0.25, 0.3) is 16.9 Å². The number of ether oxygens (including phenoxy) is 1. The molecule has 1 fully saturated rings. The SMILES string of the molecule is CC1OC(c2cn(-c3ccc(Br)cc3)nc2-c2ccc(F)cc2)NC1=O. The van der Waals surface area contributed by atoms with Gasteiger partial charge in [0.15, 0.2) is 6.23 Å². The summed E-state index contributed by atoms with van der Waals surface area (Å²) in [4.78, 5) is 11.8. The standard InChI is InChI=1S/C19H15BrFN3O2/c1-11-18(25)22-19(26-11)16-10-24(15-8-4-13(20)5-9-15)23-17(16)12-2-6-14(21)7-3-12/h2-11,19H,1H3,(H,22,25). The lowest BCUT2D eigenvalue weighted by atomic mass is 10.1. The fraction of sp³-hybridized carbons (Fsp3) is 0.158. The number of amides is 1. The van der Waals surface area contributed by atoms with Crippen LogP contribution in [0.2, 0.25) is 0 Å². The maximum absolute atomic E-state index is 13.3. The smallest absolute Gasteiger partial charge is 0.251 e. The molecular formula is C19H15BrFN3O2. The molecule has 2 aromatic carbocycles. The van der Waals surface area contributed by atoms with E-state index in [1.54, 1.807) is 23.7 Å². The second-order valence-corrected chi connectivity index (χ2v) is 6.94. The number of hydrogen-bond donors (Lipinski definition) is 1. The van der Waals surface area contributed by atoms with Gasteiger partial charge in [0.05, 0.1) is 5.69 Å². The van der Waals surface area contributed by atoms with E-state index in [-0.39, 0.29) is 11.7 Å². The Kier molecular flexibility index (Phi) is 4.34. The van der Waals surface area contributed by atoms with Crippen LogP contribution in [0.15, 0.2) is 59.2 Å². The van der Waals surface area contributed by atoms with Gasteiger partial charge in [-0.05, 0) is 55.5 Å². The Morgan fingerprint density at radius 2 is 1.85 bits per heavy atom. The molecule has 4 rings (SSSR count). The highest BCUT2D eigenvalue weighted by molar-refractivity contribution is 9.10. The number of carbonyl (C=O) groups is 1. The first-order valence-corrected chi connectivity index (χ1v) is 8.88. The van der Waals surface area contributed by atoms with Crippen LogP contribution in [0.4, 0.5) is 4.39 Å². The summed E-state index contributed by atoms with van der Waals surface area (Å²) in [6, 6.07) is 13.8. The average molecular weight is 416 g/mol. The molecule has 0 saturated carbocycles. The minimum Gasteiger partial charge on any atom is -0.341 e. The molecule has 132 valence electrons. The van der Waals surface area contributed by atoms with Gasteiger partial charge in [-0.25, -0.2) is 9.07 Å². The predicted octanol–water partition coefficient (Wildman–Crippen LogP) is 3.97. The molecule has 3 aromatic rings. The Balaban J connectivity index is 1.81. The van der Waals surface area contributed by atoms with Gasteiger partial charge in [-0.2, -0.15) is 5.10 Å². The first kappa shape index (κ1) is 16.9. The van der Waals surface area contributed by atoms with Crippen LogP contribution >= 0.6 is 15.9 Å². The zero-order chi connectivity index (χ0) is 18.3. The molecule has 1 aliphatic heterocycles. The van der Waals surface area contributed by atoms with Gasteiger partial charge in [0.2, 0.25) is 0 Å². The first-order valence-electron chi connectivity index (χ1n) is 8.08. The van der Waals surface area contributed by atoms with Gasteiger partial charge in [0.1, 0.15) is 17.6 Å². The number of halogens is 2. The van der Waals surface area contributed by atoms with E-state index >= 15 is 0 Å². The van der Waals surface area contributed by atoms with Crippen LogP contribution in [0.3, 0.4) is 0 Å². The highest BCUT2D eigenvalue weighted by atomic mass is 79.9. The molecule has 0 bridgehead atoms. The number of rotatable bonds is 3. The third-order valence-corrected chi connectivity index (χ3v) is 4.75. The number of hydrogen-bond acceptors (Lipinski definition) is 3. The summed E-state index contributed by atoms with van der Waals surface area (Å²) in [6.45, 7) is 1.70. The van der Waals surface area contributed by atoms with Crippen molar-refractivity contribution in [3.8, 4) is 16.9 Å². The number of nitrogens with one attached hydrogen (secondary N) is 1. The summed E-state index contributed by atoms with van der Waals surface area (Å²) in [6.07, 6.45) is 0.698. The lowest BCUT2D eigenvalue weighted by molar-refractivity contribution is -0.122. The van der Waals surface area contributed by atoms with Crippen LogP contribution in [0.5, 0.6) is 0 Å². The molecular weight excluding hydrogens is 401 g/mol. The monoisotopic (exact) mass is 415 g/mol. The third kappa shape index (κ3) is 3.15. The van der Waals surface area contributed by atoms with E-state index < -0.39 is 12.3 Å². The topological polar surface area (TPSA) is 56.1 Å². The quantitative estimate of drug-likeness (QED) is 0.703. The van der Waals surface area contributed by atoms with Gasteiger partial charge in [0.25, 0.3) is 5.91 Å². The molecule has 1 N–H and O–H groups in total. The molecule has 1 aliphatic rings. The molecule has 7 heteroatoms. The van der Waals surface area contributed by atoms with Crippen molar-refractivity contribution < 1.29 is 13.9 Å². The summed E-state index contributed by atoms with van der Waals surface area (Å²) in [5, 5.41) is 7.47. The largest absolute Gasteiger partial charge is 0.341 e. The normalized spacial score (nSPS) is 19.6. The Labute approximate surface area is 157 Å². The van der Waals surface area contributed by atoms with Gasteiger partial charge in [-0.15, -0.1) is 0 Å². The Hall–Kier alpha value is -2.51. The Morgan fingerprint density at radius 3 is 2.46 bits per heavy atom. The van der Waals surface area contributed by atoms with Crippen LogP contribution < -0.4 is 5.32 Å². The number of benzene rings is 2. The van der Waals surface area contributed by atoms with E-state index in [0.29, 0.717) is 5.69 Å². The molecule has 2 atom stereocenters. The van der Waals surface area contributed by atoms with Crippen LogP contribution in [-0.4, -0.2) is 21.8 Å². The van der Waals surface area contributed by atoms with Gasteiger partial charge in [-0.3, -0.25) is 4.79 Å². The molecule has 2 heterocycles. The van der Waals surface area contributed by atoms with Gasteiger partial charge < -0.3 is 10.1 Å². The molecule has 0 aliphatic carbocycles. The first-order chi connectivity index (χ1) is 12.5. The molecule has 0 radical (unpaired) electrons. The highest BCUT2D eigenvalue weighted by Gasteiger charge is 2.33. The average Bonchev–Trinajstić information content (AvgIpc) is 3.20. The van der Waals surface area contributed by atoms with Gasteiger partial charge >= 0.3 is 0 Å². The third-order valence-electron chi connectivity index (χ3n) is 4.22. The minimum atomic E-state index is -0.596. The lowest BCUT2D eigenvalue weighted by Gasteiger charge is -2.10. The van der Waals surface area contributed by atoms with E-state index in [2.05, 4.69) is 26.3 Å². The molecule has 1 amide bonds. The van der Waals surface area contributed by atoms with E-state index in [4.69, 9.17) is 4.74 Å². The molecule has 5 nitrogen and oxygen atoms in total.